The number of nitrogens with zero attached hydrogens (tertiary/aromatic N) is 1. The Bertz CT molecular complexity index is 528. The zero-order valence-corrected chi connectivity index (χ0v) is 12.6. The summed E-state index contributed by atoms with van der Waals surface area (Å²) < 4.78 is 6.40. The smallest absolute Gasteiger partial charge is 0.121 e. The average Bonchev–Trinajstić information content (AvgIpc) is 2.80. The van der Waals surface area contributed by atoms with E-state index in [0.29, 0.717) is 16.8 Å². The topological polar surface area (TPSA) is 34.1 Å². The van der Waals surface area contributed by atoms with Crippen LogP contribution in [0.3, 0.4) is 0 Å². The number of rotatable bonds is 6. The highest BCUT2D eigenvalue weighted by molar-refractivity contribution is 7.15. The first kappa shape index (κ1) is 14.2. The minimum Gasteiger partial charge on any atom is -0.493 e. The summed E-state index contributed by atoms with van der Waals surface area (Å²) >= 11 is 7.33. The second-order valence-electron chi connectivity index (χ2n) is 4.64. The van der Waals surface area contributed by atoms with Gasteiger partial charge in [-0.15, -0.1) is 11.3 Å². The lowest BCUT2D eigenvalue weighted by Crippen LogP contribution is -2.05. The molecule has 5 heteroatoms. The van der Waals surface area contributed by atoms with E-state index >= 15 is 0 Å². The summed E-state index contributed by atoms with van der Waals surface area (Å²) in [5, 5.41) is 4.28. The molecule has 1 aromatic carbocycles. The minimum absolute atomic E-state index is 0.522. The van der Waals surface area contributed by atoms with Crippen LogP contribution in [0.1, 0.15) is 18.9 Å². The fourth-order valence-electron chi connectivity index (χ4n) is 1.51. The Morgan fingerprint density at radius 3 is 2.95 bits per heavy atom. The summed E-state index contributed by atoms with van der Waals surface area (Å²) in [5.41, 5.74) is 1.02. The van der Waals surface area contributed by atoms with E-state index in [1.165, 1.54) is 11.3 Å². The molecule has 0 unspecified atom stereocenters. The Kier molecular flexibility index (Phi) is 5.05. The zero-order chi connectivity index (χ0) is 13.7. The van der Waals surface area contributed by atoms with Crippen LogP contribution in [0.15, 0.2) is 30.5 Å². The number of hydrogen-bond donors (Lipinski definition) is 1. The number of ether oxygens (including phenoxy) is 1. The number of hydrogen-bond acceptors (Lipinski definition) is 4. The first-order valence-electron chi connectivity index (χ1n) is 6.20. The van der Waals surface area contributed by atoms with Crippen molar-refractivity contribution in [3.05, 3.63) is 39.8 Å². The monoisotopic (exact) mass is 296 g/mol. The molecule has 0 fully saturated rings. The molecule has 0 saturated heterocycles. The number of benzene rings is 1. The van der Waals surface area contributed by atoms with Crippen molar-refractivity contribution in [2.75, 3.05) is 11.9 Å². The molecule has 1 heterocycles. The van der Waals surface area contributed by atoms with Gasteiger partial charge in [0.05, 0.1) is 19.3 Å². The van der Waals surface area contributed by atoms with Gasteiger partial charge in [0.1, 0.15) is 15.1 Å². The quantitative estimate of drug-likeness (QED) is 0.855. The first-order valence-corrected chi connectivity index (χ1v) is 7.40. The molecule has 2 aromatic rings. The molecule has 2 rings (SSSR count). The molecule has 19 heavy (non-hydrogen) atoms. The number of aromatic nitrogens is 1. The van der Waals surface area contributed by atoms with E-state index in [-0.39, 0.29) is 0 Å². The molecule has 0 radical (unpaired) electrons. The highest BCUT2D eigenvalue weighted by Gasteiger charge is 2.02. The van der Waals surface area contributed by atoms with Gasteiger partial charge in [0.2, 0.25) is 0 Å². The zero-order valence-electron chi connectivity index (χ0n) is 11.0. The maximum Gasteiger partial charge on any atom is 0.121 e. The Balaban J connectivity index is 1.91. The average molecular weight is 297 g/mol. The van der Waals surface area contributed by atoms with E-state index in [9.17, 15) is 0 Å². The Morgan fingerprint density at radius 1 is 1.42 bits per heavy atom. The summed E-state index contributed by atoms with van der Waals surface area (Å²) in [7, 11) is 0. The van der Waals surface area contributed by atoms with Gasteiger partial charge in [-0.1, -0.05) is 31.5 Å². The maximum absolute atomic E-state index is 5.85. The molecule has 0 aliphatic rings. The standard InChI is InChI=1S/C14H17ClN2OS/c1-10(2)9-18-12-5-3-4-11(6-12)16-8-14-17-7-13(15)19-14/h3-7,10,16H,8-9H2,1-2H3. The molecule has 0 spiro atoms. The summed E-state index contributed by atoms with van der Waals surface area (Å²) in [6.45, 7) is 5.67. The lowest BCUT2D eigenvalue weighted by Gasteiger charge is -2.10. The van der Waals surface area contributed by atoms with Crippen LogP contribution in [0, 0.1) is 5.92 Å². The van der Waals surface area contributed by atoms with Crippen LogP contribution in [0.25, 0.3) is 0 Å². The van der Waals surface area contributed by atoms with Gasteiger partial charge >= 0.3 is 0 Å². The van der Waals surface area contributed by atoms with Crippen LogP contribution >= 0.6 is 22.9 Å². The van der Waals surface area contributed by atoms with Crippen LogP contribution in [0.2, 0.25) is 4.34 Å². The SMILES string of the molecule is CC(C)COc1cccc(NCc2ncc(Cl)s2)c1. The number of halogens is 1. The van der Waals surface area contributed by atoms with Crippen molar-refractivity contribution in [2.24, 2.45) is 5.92 Å². The predicted octanol–water partition coefficient (Wildman–Crippen LogP) is 4.44. The maximum atomic E-state index is 5.85. The minimum atomic E-state index is 0.522. The van der Waals surface area contributed by atoms with Gasteiger partial charge in [0.25, 0.3) is 0 Å². The third-order valence-corrected chi connectivity index (χ3v) is 3.50. The van der Waals surface area contributed by atoms with E-state index in [1.807, 2.05) is 24.3 Å². The van der Waals surface area contributed by atoms with E-state index in [4.69, 9.17) is 16.3 Å². The van der Waals surface area contributed by atoms with E-state index < -0.39 is 0 Å². The second-order valence-corrected chi connectivity index (χ2v) is 6.39. The van der Waals surface area contributed by atoms with E-state index in [1.54, 1.807) is 6.20 Å². The third kappa shape index (κ3) is 4.73. The highest BCUT2D eigenvalue weighted by atomic mass is 35.5. The molecule has 0 aliphatic heterocycles. The number of nitrogens with one attached hydrogen (secondary N) is 1. The predicted molar refractivity (Wildman–Crippen MR) is 81.2 cm³/mol. The van der Waals surface area contributed by atoms with Crippen molar-refractivity contribution < 1.29 is 4.74 Å². The van der Waals surface area contributed by atoms with E-state index in [0.717, 1.165) is 23.1 Å². The fraction of sp³-hybridized carbons (Fsp3) is 0.357. The van der Waals surface area contributed by atoms with Crippen molar-refractivity contribution in [3.8, 4) is 5.75 Å². The molecular formula is C14H17ClN2OS. The first-order chi connectivity index (χ1) is 9.13. The fourth-order valence-corrected chi connectivity index (χ4v) is 2.40. The third-order valence-electron chi connectivity index (χ3n) is 2.39. The summed E-state index contributed by atoms with van der Waals surface area (Å²) in [6, 6.07) is 7.95. The van der Waals surface area contributed by atoms with Gasteiger partial charge in [-0.25, -0.2) is 4.98 Å². The van der Waals surface area contributed by atoms with Crippen molar-refractivity contribution in [1.29, 1.82) is 0 Å². The Hall–Kier alpha value is -1.26. The molecule has 3 nitrogen and oxygen atoms in total. The Labute approximate surface area is 122 Å². The molecule has 0 saturated carbocycles. The highest BCUT2D eigenvalue weighted by Crippen LogP contribution is 2.21. The molecule has 0 bridgehead atoms. The van der Waals surface area contributed by atoms with Gasteiger partial charge in [-0.2, -0.15) is 0 Å². The molecule has 102 valence electrons. The van der Waals surface area contributed by atoms with Gasteiger partial charge < -0.3 is 10.1 Å². The largest absolute Gasteiger partial charge is 0.493 e. The second kappa shape index (κ2) is 6.78. The number of thiazole rings is 1. The summed E-state index contributed by atoms with van der Waals surface area (Å²) in [6.07, 6.45) is 1.67. The van der Waals surface area contributed by atoms with Crippen LogP contribution < -0.4 is 10.1 Å². The van der Waals surface area contributed by atoms with Crippen molar-refractivity contribution >= 4 is 28.6 Å². The molecule has 0 amide bonds. The number of anilines is 1. The van der Waals surface area contributed by atoms with Crippen LogP contribution in [0.5, 0.6) is 5.75 Å². The normalized spacial score (nSPS) is 10.7. The summed E-state index contributed by atoms with van der Waals surface area (Å²) in [4.78, 5) is 4.21. The van der Waals surface area contributed by atoms with Crippen molar-refractivity contribution in [3.63, 3.8) is 0 Å². The molecule has 1 N–H and O–H groups in total. The lowest BCUT2D eigenvalue weighted by atomic mass is 10.2. The van der Waals surface area contributed by atoms with Gasteiger partial charge in [0.15, 0.2) is 0 Å². The van der Waals surface area contributed by atoms with Crippen molar-refractivity contribution in [1.82, 2.24) is 4.98 Å². The molecule has 1 aromatic heterocycles. The van der Waals surface area contributed by atoms with Gasteiger partial charge in [0, 0.05) is 11.8 Å². The van der Waals surface area contributed by atoms with Crippen LogP contribution in [-0.2, 0) is 6.54 Å². The van der Waals surface area contributed by atoms with Crippen LogP contribution in [0.4, 0.5) is 5.69 Å². The van der Waals surface area contributed by atoms with Crippen LogP contribution in [-0.4, -0.2) is 11.6 Å². The molecule has 0 aliphatic carbocycles. The van der Waals surface area contributed by atoms with Gasteiger partial charge in [-0.3, -0.25) is 0 Å². The molecule has 0 atom stereocenters. The molecular weight excluding hydrogens is 280 g/mol. The summed E-state index contributed by atoms with van der Waals surface area (Å²) in [5.74, 6) is 1.41. The Morgan fingerprint density at radius 2 is 2.26 bits per heavy atom. The van der Waals surface area contributed by atoms with Gasteiger partial charge in [-0.05, 0) is 18.1 Å². The van der Waals surface area contributed by atoms with Crippen molar-refractivity contribution in [2.45, 2.75) is 20.4 Å². The van der Waals surface area contributed by atoms with E-state index in [2.05, 4.69) is 24.1 Å². The lowest BCUT2D eigenvalue weighted by molar-refractivity contribution is 0.271.